The van der Waals surface area contributed by atoms with Crippen molar-refractivity contribution in [2.75, 3.05) is 11.1 Å². The summed E-state index contributed by atoms with van der Waals surface area (Å²) in [5.41, 5.74) is 13.9. The summed E-state index contributed by atoms with van der Waals surface area (Å²) in [6.45, 7) is 7.37. The highest BCUT2D eigenvalue weighted by molar-refractivity contribution is 5.55. The SMILES string of the molecule is C=C(N)/C=C\C(=C)Nc1ccc(N)cc1. The van der Waals surface area contributed by atoms with E-state index in [-0.39, 0.29) is 0 Å². The maximum absolute atomic E-state index is 5.56. The number of allylic oxidation sites excluding steroid dienone is 2. The van der Waals surface area contributed by atoms with Crippen LogP contribution in [0.5, 0.6) is 0 Å². The Morgan fingerprint density at radius 3 is 2.27 bits per heavy atom. The predicted octanol–water partition coefficient (Wildman–Crippen LogP) is 2.22. The van der Waals surface area contributed by atoms with E-state index in [1.165, 1.54) is 0 Å². The highest BCUT2D eigenvalue weighted by Gasteiger charge is 1.91. The molecule has 1 rings (SSSR count). The van der Waals surface area contributed by atoms with Crippen LogP contribution in [0.1, 0.15) is 0 Å². The van der Waals surface area contributed by atoms with Gasteiger partial charge in [-0.3, -0.25) is 0 Å². The van der Waals surface area contributed by atoms with Gasteiger partial charge in [-0.05, 0) is 36.4 Å². The molecule has 1 aromatic rings. The van der Waals surface area contributed by atoms with Crippen molar-refractivity contribution in [3.05, 3.63) is 61.0 Å². The molecule has 0 aliphatic rings. The largest absolute Gasteiger partial charge is 0.399 e. The van der Waals surface area contributed by atoms with Gasteiger partial charge in [0.2, 0.25) is 0 Å². The summed E-state index contributed by atoms with van der Waals surface area (Å²) in [5.74, 6) is 0. The molecule has 15 heavy (non-hydrogen) atoms. The Morgan fingerprint density at radius 1 is 1.13 bits per heavy atom. The molecule has 0 spiro atoms. The van der Waals surface area contributed by atoms with Crippen molar-refractivity contribution in [1.29, 1.82) is 0 Å². The molecular formula is C12H15N3. The number of hydrogen-bond acceptors (Lipinski definition) is 3. The van der Waals surface area contributed by atoms with Crippen LogP contribution >= 0.6 is 0 Å². The number of hydrogen-bond donors (Lipinski definition) is 3. The average molecular weight is 201 g/mol. The van der Waals surface area contributed by atoms with E-state index in [2.05, 4.69) is 18.5 Å². The zero-order valence-corrected chi connectivity index (χ0v) is 8.53. The third-order valence-corrected chi connectivity index (χ3v) is 1.71. The first-order chi connectivity index (χ1) is 7.08. The summed E-state index contributed by atoms with van der Waals surface area (Å²) in [7, 11) is 0. The van der Waals surface area contributed by atoms with Crippen molar-refractivity contribution in [3.63, 3.8) is 0 Å². The Hall–Kier alpha value is -2.16. The highest BCUT2D eigenvalue weighted by Crippen LogP contribution is 2.12. The van der Waals surface area contributed by atoms with Gasteiger partial charge in [-0.1, -0.05) is 13.2 Å². The first kappa shape index (κ1) is 10.9. The van der Waals surface area contributed by atoms with Crippen LogP contribution in [0.25, 0.3) is 0 Å². The number of anilines is 2. The van der Waals surface area contributed by atoms with Crippen molar-refractivity contribution in [1.82, 2.24) is 0 Å². The lowest BCUT2D eigenvalue weighted by molar-refractivity contribution is 1.42. The first-order valence-electron chi connectivity index (χ1n) is 4.52. The molecule has 0 saturated carbocycles. The molecule has 1 aromatic carbocycles. The number of nitrogens with two attached hydrogens (primary N) is 2. The maximum Gasteiger partial charge on any atom is 0.0385 e. The molecule has 0 unspecified atom stereocenters. The van der Waals surface area contributed by atoms with Gasteiger partial charge < -0.3 is 16.8 Å². The second kappa shape index (κ2) is 4.91. The van der Waals surface area contributed by atoms with E-state index in [0.717, 1.165) is 17.1 Å². The summed E-state index contributed by atoms with van der Waals surface area (Å²) in [6, 6.07) is 7.40. The molecule has 0 heterocycles. The number of rotatable bonds is 4. The standard InChI is InChI=1S/C12H15N3/c1-9(13)3-4-10(2)15-12-7-5-11(14)6-8-12/h3-8,15H,1-2,13-14H2/b4-3-. The minimum absolute atomic E-state index is 0.496. The van der Waals surface area contributed by atoms with Gasteiger partial charge in [0.15, 0.2) is 0 Å². The molecule has 0 bridgehead atoms. The Bertz CT molecular complexity index is 388. The van der Waals surface area contributed by atoms with Gasteiger partial charge in [-0.25, -0.2) is 0 Å². The topological polar surface area (TPSA) is 64.1 Å². The molecule has 3 heteroatoms. The molecule has 5 N–H and O–H groups in total. The minimum Gasteiger partial charge on any atom is -0.399 e. The summed E-state index contributed by atoms with van der Waals surface area (Å²) in [5, 5.41) is 3.09. The lowest BCUT2D eigenvalue weighted by Crippen LogP contribution is -1.96. The second-order valence-corrected chi connectivity index (χ2v) is 3.18. The van der Waals surface area contributed by atoms with E-state index >= 15 is 0 Å². The van der Waals surface area contributed by atoms with Gasteiger partial charge in [0.25, 0.3) is 0 Å². The van der Waals surface area contributed by atoms with Gasteiger partial charge >= 0.3 is 0 Å². The van der Waals surface area contributed by atoms with Crippen LogP contribution in [0, 0.1) is 0 Å². The molecule has 0 aliphatic heterocycles. The molecule has 0 radical (unpaired) electrons. The zero-order valence-electron chi connectivity index (χ0n) is 8.53. The van der Waals surface area contributed by atoms with Crippen molar-refractivity contribution in [2.45, 2.75) is 0 Å². The molecule has 0 aromatic heterocycles. The number of nitrogen functional groups attached to an aromatic ring is 1. The van der Waals surface area contributed by atoms with Gasteiger partial charge in [-0.15, -0.1) is 0 Å². The van der Waals surface area contributed by atoms with Crippen LogP contribution in [0.15, 0.2) is 61.0 Å². The Labute approximate surface area is 89.8 Å². The quantitative estimate of drug-likeness (QED) is 0.517. The number of nitrogens with one attached hydrogen (secondary N) is 1. The number of benzene rings is 1. The van der Waals surface area contributed by atoms with Crippen molar-refractivity contribution < 1.29 is 0 Å². The van der Waals surface area contributed by atoms with E-state index in [1.807, 2.05) is 24.3 Å². The van der Waals surface area contributed by atoms with Crippen molar-refractivity contribution in [3.8, 4) is 0 Å². The smallest absolute Gasteiger partial charge is 0.0385 e. The average Bonchev–Trinajstić information content (AvgIpc) is 2.19. The molecule has 0 aliphatic carbocycles. The van der Waals surface area contributed by atoms with Crippen molar-refractivity contribution >= 4 is 11.4 Å². The first-order valence-corrected chi connectivity index (χ1v) is 4.52. The summed E-state index contributed by atoms with van der Waals surface area (Å²) in [4.78, 5) is 0. The van der Waals surface area contributed by atoms with Crippen LogP contribution in [0.3, 0.4) is 0 Å². The van der Waals surface area contributed by atoms with E-state index in [4.69, 9.17) is 11.5 Å². The van der Waals surface area contributed by atoms with Gasteiger partial charge in [0.1, 0.15) is 0 Å². The lowest BCUT2D eigenvalue weighted by atomic mass is 10.2. The summed E-state index contributed by atoms with van der Waals surface area (Å²) < 4.78 is 0. The normalized spacial score (nSPS) is 10.1. The highest BCUT2D eigenvalue weighted by atomic mass is 14.9. The zero-order chi connectivity index (χ0) is 11.3. The fourth-order valence-electron chi connectivity index (χ4n) is 1.00. The fraction of sp³-hybridized carbons (Fsp3) is 0. The molecule has 0 fully saturated rings. The van der Waals surface area contributed by atoms with Crippen molar-refractivity contribution in [2.24, 2.45) is 5.73 Å². The van der Waals surface area contributed by atoms with Crippen LogP contribution < -0.4 is 16.8 Å². The molecule has 3 nitrogen and oxygen atoms in total. The summed E-state index contributed by atoms with van der Waals surface area (Å²) >= 11 is 0. The monoisotopic (exact) mass is 201 g/mol. The van der Waals surface area contributed by atoms with E-state index in [0.29, 0.717) is 5.70 Å². The maximum atomic E-state index is 5.56. The molecule has 0 saturated heterocycles. The fourth-order valence-corrected chi connectivity index (χ4v) is 1.00. The van der Waals surface area contributed by atoms with Crippen LogP contribution in [-0.4, -0.2) is 0 Å². The Morgan fingerprint density at radius 2 is 1.73 bits per heavy atom. The molecule has 0 atom stereocenters. The Balaban J connectivity index is 2.59. The molecule has 78 valence electrons. The molecular weight excluding hydrogens is 186 g/mol. The van der Waals surface area contributed by atoms with E-state index < -0.39 is 0 Å². The molecule has 0 amide bonds. The summed E-state index contributed by atoms with van der Waals surface area (Å²) in [6.07, 6.45) is 3.45. The van der Waals surface area contributed by atoms with Crippen LogP contribution in [0.2, 0.25) is 0 Å². The van der Waals surface area contributed by atoms with Gasteiger partial charge in [-0.2, -0.15) is 0 Å². The minimum atomic E-state index is 0.496. The van der Waals surface area contributed by atoms with Gasteiger partial charge in [0, 0.05) is 22.8 Å². The third-order valence-electron chi connectivity index (χ3n) is 1.71. The van der Waals surface area contributed by atoms with Crippen LogP contribution in [0.4, 0.5) is 11.4 Å². The Kier molecular flexibility index (Phi) is 3.57. The van der Waals surface area contributed by atoms with Crippen LogP contribution in [-0.2, 0) is 0 Å². The van der Waals surface area contributed by atoms with Gasteiger partial charge in [0.05, 0.1) is 0 Å². The predicted molar refractivity (Wildman–Crippen MR) is 66.1 cm³/mol. The third kappa shape index (κ3) is 4.04. The lowest BCUT2D eigenvalue weighted by Gasteiger charge is -2.05. The van der Waals surface area contributed by atoms with E-state index in [1.54, 1.807) is 12.2 Å². The van der Waals surface area contributed by atoms with E-state index in [9.17, 15) is 0 Å². The second-order valence-electron chi connectivity index (χ2n) is 3.18.